The first-order chi connectivity index (χ1) is 12.6. The summed E-state index contributed by atoms with van der Waals surface area (Å²) in [4.78, 5) is 11.8. The molecule has 1 aromatic heterocycles. The van der Waals surface area contributed by atoms with Crippen molar-refractivity contribution in [3.05, 3.63) is 75.6 Å². The van der Waals surface area contributed by atoms with Crippen molar-refractivity contribution in [2.75, 3.05) is 6.61 Å². The zero-order chi connectivity index (χ0) is 18.4. The molecule has 0 aliphatic rings. The molecular formula is C20H17IN2O3. The highest BCUT2D eigenvalue weighted by molar-refractivity contribution is 14.1. The Labute approximate surface area is 165 Å². The number of rotatable bonds is 6. The van der Waals surface area contributed by atoms with E-state index < -0.39 is 0 Å². The molecule has 26 heavy (non-hydrogen) atoms. The first kappa shape index (κ1) is 18.2. The number of carbonyl (C=O) groups is 1. The first-order valence-electron chi connectivity index (χ1n) is 7.98. The van der Waals surface area contributed by atoms with Gasteiger partial charge in [-0.1, -0.05) is 30.3 Å². The Morgan fingerprint density at radius 2 is 1.92 bits per heavy atom. The van der Waals surface area contributed by atoms with Gasteiger partial charge >= 0.3 is 0 Å². The molecule has 0 aliphatic heterocycles. The van der Waals surface area contributed by atoms with Gasteiger partial charge in [-0.2, -0.15) is 5.10 Å². The van der Waals surface area contributed by atoms with Crippen LogP contribution in [-0.2, 0) is 4.79 Å². The van der Waals surface area contributed by atoms with E-state index >= 15 is 0 Å². The number of hydrogen-bond acceptors (Lipinski definition) is 4. The SMILES string of the molecule is Cc1ccccc1OCC(=O)N/N=C/c1ccc(-c2ccc(I)cc2)o1. The summed E-state index contributed by atoms with van der Waals surface area (Å²) in [5.74, 6) is 1.64. The van der Waals surface area contributed by atoms with E-state index in [0.29, 0.717) is 11.5 Å². The number of hydrogen-bond donors (Lipinski definition) is 1. The summed E-state index contributed by atoms with van der Waals surface area (Å²) in [6, 6.07) is 19.2. The number of benzene rings is 2. The van der Waals surface area contributed by atoms with Crippen LogP contribution < -0.4 is 10.2 Å². The molecule has 3 aromatic rings. The molecular weight excluding hydrogens is 443 g/mol. The fraction of sp³-hybridized carbons (Fsp3) is 0.100. The van der Waals surface area contributed by atoms with E-state index in [1.54, 1.807) is 6.07 Å². The van der Waals surface area contributed by atoms with Gasteiger partial charge in [-0.25, -0.2) is 5.43 Å². The van der Waals surface area contributed by atoms with Crippen molar-refractivity contribution in [3.63, 3.8) is 0 Å². The Bertz CT molecular complexity index is 917. The van der Waals surface area contributed by atoms with E-state index in [4.69, 9.17) is 9.15 Å². The van der Waals surface area contributed by atoms with Crippen LogP contribution in [0, 0.1) is 10.5 Å². The maximum Gasteiger partial charge on any atom is 0.277 e. The third-order valence-corrected chi connectivity index (χ3v) is 4.31. The van der Waals surface area contributed by atoms with Gasteiger partial charge in [0, 0.05) is 9.13 Å². The molecule has 1 N–H and O–H groups in total. The molecule has 132 valence electrons. The van der Waals surface area contributed by atoms with Gasteiger partial charge in [0.15, 0.2) is 6.61 Å². The number of hydrazone groups is 1. The number of nitrogens with zero attached hydrogens (tertiary/aromatic N) is 1. The second kappa shape index (κ2) is 8.66. The standard InChI is InChI=1S/C20H17IN2O3/c1-14-4-2-3-5-18(14)25-13-20(24)23-22-12-17-10-11-19(26-17)15-6-8-16(21)9-7-15/h2-12H,13H2,1H3,(H,23,24)/b22-12+. The van der Waals surface area contributed by atoms with Crippen LogP contribution in [0.15, 0.2) is 70.2 Å². The molecule has 3 rings (SSSR count). The fourth-order valence-corrected chi connectivity index (χ4v) is 2.61. The molecule has 0 unspecified atom stereocenters. The number of nitrogens with one attached hydrogen (secondary N) is 1. The topological polar surface area (TPSA) is 63.8 Å². The molecule has 5 nitrogen and oxygen atoms in total. The summed E-state index contributed by atoms with van der Waals surface area (Å²) in [6.07, 6.45) is 1.46. The van der Waals surface area contributed by atoms with Gasteiger partial charge in [0.05, 0.1) is 6.21 Å². The molecule has 0 spiro atoms. The van der Waals surface area contributed by atoms with Crippen molar-refractivity contribution in [2.45, 2.75) is 6.92 Å². The lowest BCUT2D eigenvalue weighted by atomic mass is 10.2. The van der Waals surface area contributed by atoms with Gasteiger partial charge in [0.2, 0.25) is 0 Å². The number of halogens is 1. The third kappa shape index (κ3) is 4.95. The minimum Gasteiger partial charge on any atom is -0.483 e. The van der Waals surface area contributed by atoms with E-state index in [9.17, 15) is 4.79 Å². The van der Waals surface area contributed by atoms with Gasteiger partial charge in [-0.3, -0.25) is 4.79 Å². The Hall–Kier alpha value is -2.61. The van der Waals surface area contributed by atoms with Crippen LogP contribution in [0.25, 0.3) is 11.3 Å². The molecule has 0 saturated heterocycles. The van der Waals surface area contributed by atoms with Crippen LogP contribution in [0.2, 0.25) is 0 Å². The lowest BCUT2D eigenvalue weighted by Crippen LogP contribution is -2.24. The summed E-state index contributed by atoms with van der Waals surface area (Å²) < 4.78 is 12.3. The largest absolute Gasteiger partial charge is 0.483 e. The first-order valence-corrected chi connectivity index (χ1v) is 9.06. The third-order valence-electron chi connectivity index (χ3n) is 3.59. The van der Waals surface area contributed by atoms with E-state index in [1.807, 2.05) is 61.5 Å². The molecule has 2 aromatic carbocycles. The van der Waals surface area contributed by atoms with Gasteiger partial charge in [0.25, 0.3) is 5.91 Å². The number of para-hydroxylation sites is 1. The van der Waals surface area contributed by atoms with E-state index in [0.717, 1.165) is 20.5 Å². The molecule has 0 radical (unpaired) electrons. The molecule has 0 bridgehead atoms. The smallest absolute Gasteiger partial charge is 0.277 e. The number of furan rings is 1. The number of carbonyl (C=O) groups excluding carboxylic acids is 1. The maximum atomic E-state index is 11.8. The molecule has 0 atom stereocenters. The van der Waals surface area contributed by atoms with Crippen molar-refractivity contribution >= 4 is 34.7 Å². The molecule has 0 fully saturated rings. The Morgan fingerprint density at radius 1 is 1.15 bits per heavy atom. The highest BCUT2D eigenvalue weighted by atomic mass is 127. The van der Waals surface area contributed by atoms with Crippen LogP contribution in [0.1, 0.15) is 11.3 Å². The van der Waals surface area contributed by atoms with Crippen molar-refractivity contribution < 1.29 is 13.9 Å². The summed E-state index contributed by atoms with van der Waals surface area (Å²) in [6.45, 7) is 1.82. The monoisotopic (exact) mass is 460 g/mol. The highest BCUT2D eigenvalue weighted by Crippen LogP contribution is 2.22. The molecule has 1 amide bonds. The fourth-order valence-electron chi connectivity index (χ4n) is 2.25. The molecule has 0 saturated carbocycles. The lowest BCUT2D eigenvalue weighted by Gasteiger charge is -2.07. The van der Waals surface area contributed by atoms with Crippen LogP contribution in [0.4, 0.5) is 0 Å². The predicted octanol–water partition coefficient (Wildman–Crippen LogP) is 4.39. The predicted molar refractivity (Wildman–Crippen MR) is 109 cm³/mol. The van der Waals surface area contributed by atoms with Gasteiger partial charge in [-0.15, -0.1) is 0 Å². The van der Waals surface area contributed by atoms with E-state index in [2.05, 4.69) is 33.1 Å². The minimum absolute atomic E-state index is 0.103. The van der Waals surface area contributed by atoms with Gasteiger partial charge < -0.3 is 9.15 Å². The number of aryl methyl sites for hydroxylation is 1. The highest BCUT2D eigenvalue weighted by Gasteiger charge is 2.05. The summed E-state index contributed by atoms with van der Waals surface area (Å²) in [7, 11) is 0. The van der Waals surface area contributed by atoms with Crippen molar-refractivity contribution in [2.24, 2.45) is 5.10 Å². The van der Waals surface area contributed by atoms with E-state index in [-0.39, 0.29) is 12.5 Å². The summed E-state index contributed by atoms with van der Waals surface area (Å²) in [5, 5.41) is 3.90. The zero-order valence-electron chi connectivity index (χ0n) is 14.1. The number of amides is 1. The average Bonchev–Trinajstić information content (AvgIpc) is 3.10. The quantitative estimate of drug-likeness (QED) is 0.337. The molecule has 6 heteroatoms. The normalized spacial score (nSPS) is 10.8. The average molecular weight is 460 g/mol. The van der Waals surface area contributed by atoms with Crippen molar-refractivity contribution in [1.82, 2.24) is 5.43 Å². The van der Waals surface area contributed by atoms with Crippen molar-refractivity contribution in [1.29, 1.82) is 0 Å². The lowest BCUT2D eigenvalue weighted by molar-refractivity contribution is -0.123. The van der Waals surface area contributed by atoms with Crippen LogP contribution in [-0.4, -0.2) is 18.7 Å². The Balaban J connectivity index is 1.51. The Kier molecular flexibility index (Phi) is 6.06. The second-order valence-electron chi connectivity index (χ2n) is 5.56. The molecule has 0 aliphatic carbocycles. The zero-order valence-corrected chi connectivity index (χ0v) is 16.3. The summed E-state index contributed by atoms with van der Waals surface area (Å²) in [5.41, 5.74) is 4.38. The summed E-state index contributed by atoms with van der Waals surface area (Å²) >= 11 is 2.26. The van der Waals surface area contributed by atoms with Gasteiger partial charge in [0.1, 0.15) is 17.3 Å². The minimum atomic E-state index is -0.339. The Morgan fingerprint density at radius 3 is 2.69 bits per heavy atom. The van der Waals surface area contributed by atoms with Gasteiger partial charge in [-0.05, 0) is 65.4 Å². The molecule has 1 heterocycles. The second-order valence-corrected chi connectivity index (χ2v) is 6.80. The maximum absolute atomic E-state index is 11.8. The van der Waals surface area contributed by atoms with Crippen LogP contribution in [0.5, 0.6) is 5.75 Å². The van der Waals surface area contributed by atoms with Crippen LogP contribution in [0.3, 0.4) is 0 Å². The van der Waals surface area contributed by atoms with Crippen molar-refractivity contribution in [3.8, 4) is 17.1 Å². The number of ether oxygens (including phenoxy) is 1. The van der Waals surface area contributed by atoms with E-state index in [1.165, 1.54) is 6.21 Å². The van der Waals surface area contributed by atoms with Crippen LogP contribution >= 0.6 is 22.6 Å².